The minimum atomic E-state index is 0.0167. The smallest absolute Gasteiger partial charge is 0.272 e. The molecule has 1 aliphatic rings. The van der Waals surface area contributed by atoms with E-state index in [0.717, 1.165) is 37.2 Å². The van der Waals surface area contributed by atoms with Crippen LogP contribution in [-0.4, -0.2) is 33.9 Å². The van der Waals surface area contributed by atoms with Crippen LogP contribution in [0.3, 0.4) is 0 Å². The molecule has 1 fully saturated rings. The van der Waals surface area contributed by atoms with Crippen molar-refractivity contribution < 1.29 is 4.79 Å². The van der Waals surface area contributed by atoms with Gasteiger partial charge in [-0.1, -0.05) is 30.3 Å². The summed E-state index contributed by atoms with van der Waals surface area (Å²) in [5.41, 5.74) is 6.61. The molecule has 1 aromatic carbocycles. The van der Waals surface area contributed by atoms with Crippen LogP contribution in [0.1, 0.15) is 57.3 Å². The van der Waals surface area contributed by atoms with Crippen LogP contribution >= 0.6 is 0 Å². The fourth-order valence-corrected chi connectivity index (χ4v) is 4.16. The molecule has 0 unspecified atom stereocenters. The van der Waals surface area contributed by atoms with E-state index in [1.54, 1.807) is 12.3 Å². The lowest BCUT2D eigenvalue weighted by Gasteiger charge is -2.32. The number of carbonyl (C=O) groups excluding carboxylic acids is 1. The van der Waals surface area contributed by atoms with Crippen molar-refractivity contribution in [3.05, 3.63) is 94.6 Å². The van der Waals surface area contributed by atoms with Crippen LogP contribution < -0.4 is 0 Å². The largest absolute Gasteiger partial charge is 0.337 e. The first kappa shape index (κ1) is 19.3. The van der Waals surface area contributed by atoms with Gasteiger partial charge < -0.3 is 4.90 Å². The molecule has 0 bridgehead atoms. The van der Waals surface area contributed by atoms with Gasteiger partial charge in [0.25, 0.3) is 5.91 Å². The molecular formula is C25H27N3O. The van der Waals surface area contributed by atoms with Gasteiger partial charge in [-0.25, -0.2) is 0 Å². The van der Waals surface area contributed by atoms with Gasteiger partial charge in [0.15, 0.2) is 0 Å². The van der Waals surface area contributed by atoms with E-state index < -0.39 is 0 Å². The summed E-state index contributed by atoms with van der Waals surface area (Å²) in [6, 6.07) is 18.4. The fraction of sp³-hybridized carbons (Fsp3) is 0.320. The average molecular weight is 386 g/mol. The Morgan fingerprint density at radius 1 is 1.10 bits per heavy atom. The molecule has 1 amide bonds. The Hall–Kier alpha value is -3.01. The summed E-state index contributed by atoms with van der Waals surface area (Å²) in [5.74, 6) is 0.287. The summed E-state index contributed by atoms with van der Waals surface area (Å²) in [4.78, 5) is 23.8. The zero-order valence-electron chi connectivity index (χ0n) is 17.1. The molecule has 1 aliphatic heterocycles. The van der Waals surface area contributed by atoms with Crippen molar-refractivity contribution in [2.75, 3.05) is 13.1 Å². The summed E-state index contributed by atoms with van der Waals surface area (Å²) in [6.07, 6.45) is 4.64. The van der Waals surface area contributed by atoms with Crippen LogP contribution in [0.25, 0.3) is 0 Å². The molecule has 3 aromatic rings. The van der Waals surface area contributed by atoms with Crippen LogP contribution in [0.5, 0.6) is 0 Å². The van der Waals surface area contributed by atoms with E-state index in [4.69, 9.17) is 4.98 Å². The van der Waals surface area contributed by atoms with Crippen LogP contribution in [0.15, 0.2) is 60.8 Å². The van der Waals surface area contributed by atoms with E-state index in [1.165, 1.54) is 16.7 Å². The lowest BCUT2D eigenvalue weighted by Crippen LogP contribution is -2.39. The van der Waals surface area contributed by atoms with Gasteiger partial charge in [-0.05, 0) is 74.1 Å². The number of aromatic nitrogens is 2. The molecule has 1 atom stereocenters. The molecule has 3 heterocycles. The van der Waals surface area contributed by atoms with Gasteiger partial charge >= 0.3 is 0 Å². The number of pyridine rings is 2. The van der Waals surface area contributed by atoms with E-state index in [9.17, 15) is 4.79 Å². The highest BCUT2D eigenvalue weighted by molar-refractivity contribution is 5.92. The number of piperidine rings is 1. The van der Waals surface area contributed by atoms with Gasteiger partial charge in [-0.15, -0.1) is 0 Å². The third-order valence-electron chi connectivity index (χ3n) is 5.70. The van der Waals surface area contributed by atoms with Crippen molar-refractivity contribution in [3.63, 3.8) is 0 Å². The van der Waals surface area contributed by atoms with Crippen LogP contribution in [0, 0.1) is 13.8 Å². The van der Waals surface area contributed by atoms with E-state index in [-0.39, 0.29) is 11.8 Å². The number of aryl methyl sites for hydroxylation is 2. The molecule has 0 aliphatic carbocycles. The third kappa shape index (κ3) is 4.53. The van der Waals surface area contributed by atoms with Crippen molar-refractivity contribution in [3.8, 4) is 0 Å². The number of rotatable bonds is 4. The molecular weight excluding hydrogens is 358 g/mol. The Bertz CT molecular complexity index is 1000. The Labute approximate surface area is 172 Å². The maximum Gasteiger partial charge on any atom is 0.272 e. The number of amides is 1. The van der Waals surface area contributed by atoms with Crippen molar-refractivity contribution in [2.24, 2.45) is 0 Å². The van der Waals surface area contributed by atoms with Crippen molar-refractivity contribution in [1.82, 2.24) is 14.9 Å². The number of hydrogen-bond acceptors (Lipinski definition) is 3. The van der Waals surface area contributed by atoms with Crippen LogP contribution in [0.2, 0.25) is 0 Å². The lowest BCUT2D eigenvalue weighted by atomic mass is 9.91. The second-order valence-corrected chi connectivity index (χ2v) is 7.95. The minimum Gasteiger partial charge on any atom is -0.337 e. The Morgan fingerprint density at radius 3 is 2.72 bits per heavy atom. The zero-order chi connectivity index (χ0) is 20.2. The van der Waals surface area contributed by atoms with Gasteiger partial charge in [0, 0.05) is 36.6 Å². The Balaban J connectivity index is 1.54. The van der Waals surface area contributed by atoms with E-state index in [2.05, 4.69) is 55.2 Å². The molecule has 1 saturated heterocycles. The normalized spacial score (nSPS) is 16.6. The maximum absolute atomic E-state index is 12.8. The Morgan fingerprint density at radius 2 is 1.93 bits per heavy atom. The monoisotopic (exact) mass is 385 g/mol. The number of benzene rings is 1. The van der Waals surface area contributed by atoms with Gasteiger partial charge in [0.2, 0.25) is 0 Å². The zero-order valence-corrected chi connectivity index (χ0v) is 17.1. The van der Waals surface area contributed by atoms with Gasteiger partial charge in [0.1, 0.15) is 5.69 Å². The van der Waals surface area contributed by atoms with Gasteiger partial charge in [-0.2, -0.15) is 0 Å². The van der Waals surface area contributed by atoms with E-state index >= 15 is 0 Å². The molecule has 4 heteroatoms. The van der Waals surface area contributed by atoms with Gasteiger partial charge in [0.05, 0.1) is 0 Å². The number of hydrogen-bond donors (Lipinski definition) is 0. The average Bonchev–Trinajstić information content (AvgIpc) is 2.75. The van der Waals surface area contributed by atoms with Gasteiger partial charge in [-0.3, -0.25) is 14.8 Å². The molecule has 0 saturated carbocycles. The number of likely N-dealkylation sites (tertiary alicyclic amines) is 1. The second kappa shape index (κ2) is 8.56. The highest BCUT2D eigenvalue weighted by Crippen LogP contribution is 2.28. The van der Waals surface area contributed by atoms with Crippen molar-refractivity contribution >= 4 is 5.91 Å². The molecule has 2 aromatic heterocycles. The maximum atomic E-state index is 12.8. The third-order valence-corrected chi connectivity index (χ3v) is 5.70. The summed E-state index contributed by atoms with van der Waals surface area (Å²) in [6.45, 7) is 5.71. The second-order valence-electron chi connectivity index (χ2n) is 7.95. The Kier molecular flexibility index (Phi) is 5.70. The minimum absolute atomic E-state index is 0.0167. The molecule has 0 radical (unpaired) electrons. The van der Waals surface area contributed by atoms with Crippen LogP contribution in [0.4, 0.5) is 0 Å². The lowest BCUT2D eigenvalue weighted by molar-refractivity contribution is 0.0700. The quantitative estimate of drug-likeness (QED) is 0.654. The predicted molar refractivity (Wildman–Crippen MR) is 115 cm³/mol. The first-order valence-corrected chi connectivity index (χ1v) is 10.3. The highest BCUT2D eigenvalue weighted by atomic mass is 16.2. The topological polar surface area (TPSA) is 46.1 Å². The molecule has 4 nitrogen and oxygen atoms in total. The first-order valence-electron chi connectivity index (χ1n) is 10.3. The molecule has 0 N–H and O–H groups in total. The summed E-state index contributed by atoms with van der Waals surface area (Å²) >= 11 is 0. The van der Waals surface area contributed by atoms with E-state index in [0.29, 0.717) is 12.2 Å². The van der Waals surface area contributed by atoms with Crippen molar-refractivity contribution in [2.45, 2.75) is 39.0 Å². The summed E-state index contributed by atoms with van der Waals surface area (Å²) < 4.78 is 0. The predicted octanol–water partition coefficient (Wildman–Crippen LogP) is 4.70. The van der Waals surface area contributed by atoms with E-state index in [1.807, 2.05) is 17.0 Å². The highest BCUT2D eigenvalue weighted by Gasteiger charge is 2.27. The van der Waals surface area contributed by atoms with Crippen LogP contribution in [-0.2, 0) is 6.42 Å². The molecule has 0 spiro atoms. The summed E-state index contributed by atoms with van der Waals surface area (Å²) in [5, 5.41) is 0. The van der Waals surface area contributed by atoms with Crippen molar-refractivity contribution in [1.29, 1.82) is 0 Å². The summed E-state index contributed by atoms with van der Waals surface area (Å²) in [7, 11) is 0. The molecule has 4 rings (SSSR count). The number of carbonyl (C=O) groups is 1. The number of nitrogens with zero attached hydrogens (tertiary/aromatic N) is 3. The fourth-order valence-electron chi connectivity index (χ4n) is 4.16. The SMILES string of the molecule is Cc1cc(Cc2ccccc2C)cc([C@@H]2CCCN(C(=O)c3ccccn3)C2)n1. The molecule has 29 heavy (non-hydrogen) atoms. The first-order chi connectivity index (χ1) is 14.1. The standard InChI is InChI=1S/C25H27N3O/c1-18-8-3-4-9-21(18)15-20-14-19(2)27-24(16-20)22-10-7-13-28(17-22)25(29)23-11-5-6-12-26-23/h3-6,8-9,11-12,14,16,22H,7,10,13,15,17H2,1-2H3/t22-/m1/s1. The molecule has 148 valence electrons.